The second kappa shape index (κ2) is 11.9. The zero-order valence-corrected chi connectivity index (χ0v) is 20.5. The number of ether oxygens (including phenoxy) is 4. The van der Waals surface area contributed by atoms with Gasteiger partial charge in [-0.2, -0.15) is 0 Å². The molecule has 1 amide bonds. The summed E-state index contributed by atoms with van der Waals surface area (Å²) >= 11 is 0. The van der Waals surface area contributed by atoms with Gasteiger partial charge in [-0.3, -0.25) is 14.9 Å². The van der Waals surface area contributed by atoms with Crippen LogP contribution in [0.3, 0.4) is 0 Å². The van der Waals surface area contributed by atoms with E-state index < -0.39 is 0 Å². The highest BCUT2D eigenvalue weighted by Gasteiger charge is 2.21. The number of methoxy groups -OCH3 is 4. The van der Waals surface area contributed by atoms with Crippen LogP contribution in [-0.4, -0.2) is 46.9 Å². The number of hydrogen-bond donors (Lipinski definition) is 2. The van der Waals surface area contributed by atoms with Gasteiger partial charge in [0.15, 0.2) is 11.5 Å². The number of carbonyl (C=O) groups excluding carboxylic acids is 2. The molecule has 3 aromatic rings. The van der Waals surface area contributed by atoms with Gasteiger partial charge in [-0.15, -0.1) is 0 Å². The summed E-state index contributed by atoms with van der Waals surface area (Å²) in [5, 5.41) is 6.23. The number of para-hydroxylation sites is 1. The highest BCUT2D eigenvalue weighted by Crippen LogP contribution is 2.38. The molecule has 8 heteroatoms. The van der Waals surface area contributed by atoms with Gasteiger partial charge in [0.25, 0.3) is 5.91 Å². The highest BCUT2D eigenvalue weighted by atomic mass is 16.5. The SMILES string of the molecule is COC(=O)CNC(c1ccc(C)cc1)c1ccccc1NC(=O)c1cc(OC)c(OC)c(OC)c1. The van der Waals surface area contributed by atoms with Gasteiger partial charge >= 0.3 is 5.97 Å². The summed E-state index contributed by atoms with van der Waals surface area (Å²) in [5.41, 5.74) is 3.78. The molecule has 0 heterocycles. The van der Waals surface area contributed by atoms with Crippen molar-refractivity contribution >= 4 is 17.6 Å². The molecule has 3 rings (SSSR count). The minimum atomic E-state index is -0.388. The monoisotopic (exact) mass is 478 g/mol. The van der Waals surface area contributed by atoms with E-state index in [1.54, 1.807) is 12.1 Å². The molecule has 0 aromatic heterocycles. The molecule has 1 unspecified atom stereocenters. The van der Waals surface area contributed by atoms with Gasteiger partial charge in [0.2, 0.25) is 5.75 Å². The molecule has 184 valence electrons. The summed E-state index contributed by atoms with van der Waals surface area (Å²) in [6, 6.07) is 18.2. The molecular formula is C27H30N2O6. The van der Waals surface area contributed by atoms with E-state index in [9.17, 15) is 9.59 Å². The van der Waals surface area contributed by atoms with Gasteiger partial charge in [0.05, 0.1) is 41.0 Å². The van der Waals surface area contributed by atoms with Gasteiger partial charge in [-0.1, -0.05) is 48.0 Å². The van der Waals surface area contributed by atoms with E-state index in [1.165, 1.54) is 28.4 Å². The Kier molecular flexibility index (Phi) is 8.69. The lowest BCUT2D eigenvalue weighted by molar-refractivity contribution is -0.139. The largest absolute Gasteiger partial charge is 0.493 e. The molecule has 0 bridgehead atoms. The number of esters is 1. The topological polar surface area (TPSA) is 95.1 Å². The van der Waals surface area contributed by atoms with Gasteiger partial charge in [0, 0.05) is 11.3 Å². The van der Waals surface area contributed by atoms with Crippen molar-refractivity contribution in [3.8, 4) is 17.2 Å². The summed E-state index contributed by atoms with van der Waals surface area (Å²) in [6.45, 7) is 2.01. The number of carbonyl (C=O) groups is 2. The van der Waals surface area contributed by atoms with Crippen LogP contribution in [0.4, 0.5) is 5.69 Å². The summed E-state index contributed by atoms with van der Waals surface area (Å²) in [5.74, 6) is 0.414. The van der Waals surface area contributed by atoms with Crippen LogP contribution in [0, 0.1) is 6.92 Å². The van der Waals surface area contributed by atoms with Crippen LogP contribution < -0.4 is 24.8 Å². The Hall–Kier alpha value is -4.04. The third-order valence-electron chi connectivity index (χ3n) is 5.54. The van der Waals surface area contributed by atoms with Crippen molar-refractivity contribution in [2.75, 3.05) is 40.3 Å². The maximum absolute atomic E-state index is 13.3. The molecular weight excluding hydrogens is 448 g/mol. The molecule has 2 N–H and O–H groups in total. The molecule has 1 atom stereocenters. The number of rotatable bonds is 10. The summed E-state index contributed by atoms with van der Waals surface area (Å²) in [6.07, 6.45) is 0. The molecule has 0 aliphatic heterocycles. The number of nitrogens with one attached hydrogen (secondary N) is 2. The lowest BCUT2D eigenvalue weighted by atomic mass is 9.96. The Morgan fingerprint density at radius 1 is 0.857 bits per heavy atom. The second-order valence-electron chi connectivity index (χ2n) is 7.76. The lowest BCUT2D eigenvalue weighted by Gasteiger charge is -2.23. The molecule has 0 saturated heterocycles. The zero-order valence-electron chi connectivity index (χ0n) is 20.5. The molecule has 3 aromatic carbocycles. The standard InChI is InChI=1S/C27H30N2O6/c1-17-10-12-18(13-11-17)25(28-16-24(30)34-4)20-8-6-7-9-21(20)29-27(31)19-14-22(32-2)26(35-5)23(15-19)33-3/h6-15,25,28H,16H2,1-5H3,(H,29,31). The van der Waals surface area contributed by atoms with Crippen LogP contribution in [0.15, 0.2) is 60.7 Å². The van der Waals surface area contributed by atoms with E-state index in [4.69, 9.17) is 18.9 Å². The van der Waals surface area contributed by atoms with E-state index >= 15 is 0 Å². The second-order valence-corrected chi connectivity index (χ2v) is 7.76. The molecule has 0 radical (unpaired) electrons. The smallest absolute Gasteiger partial charge is 0.319 e. The third kappa shape index (κ3) is 6.10. The Balaban J connectivity index is 1.98. The van der Waals surface area contributed by atoms with Crippen LogP contribution in [0.5, 0.6) is 17.2 Å². The molecule has 0 saturated carbocycles. The summed E-state index contributed by atoms with van der Waals surface area (Å²) in [7, 11) is 5.83. The van der Waals surface area contributed by atoms with Crippen LogP contribution >= 0.6 is 0 Å². The van der Waals surface area contributed by atoms with E-state index in [1.807, 2.05) is 55.5 Å². The van der Waals surface area contributed by atoms with Crippen molar-refractivity contribution in [3.05, 3.63) is 82.9 Å². The fourth-order valence-electron chi connectivity index (χ4n) is 3.69. The van der Waals surface area contributed by atoms with Crippen molar-refractivity contribution in [1.29, 1.82) is 0 Å². The first-order chi connectivity index (χ1) is 16.9. The van der Waals surface area contributed by atoms with Crippen LogP contribution in [-0.2, 0) is 9.53 Å². The van der Waals surface area contributed by atoms with Crippen molar-refractivity contribution in [3.63, 3.8) is 0 Å². The van der Waals surface area contributed by atoms with Crippen molar-refractivity contribution in [2.45, 2.75) is 13.0 Å². The number of hydrogen-bond acceptors (Lipinski definition) is 7. The first kappa shape index (κ1) is 25.6. The van der Waals surface area contributed by atoms with E-state index in [-0.39, 0.29) is 24.5 Å². The Bertz CT molecular complexity index is 1150. The minimum Gasteiger partial charge on any atom is -0.493 e. The average molecular weight is 479 g/mol. The molecule has 35 heavy (non-hydrogen) atoms. The number of aryl methyl sites for hydroxylation is 1. The quantitative estimate of drug-likeness (QED) is 0.423. The summed E-state index contributed by atoms with van der Waals surface area (Å²) in [4.78, 5) is 25.1. The number of anilines is 1. The first-order valence-corrected chi connectivity index (χ1v) is 11.0. The van der Waals surface area contributed by atoms with Crippen molar-refractivity contribution in [2.24, 2.45) is 0 Å². The normalized spacial score (nSPS) is 11.3. The fourth-order valence-corrected chi connectivity index (χ4v) is 3.69. The highest BCUT2D eigenvalue weighted by molar-refractivity contribution is 6.05. The van der Waals surface area contributed by atoms with Crippen molar-refractivity contribution < 1.29 is 28.5 Å². The number of benzene rings is 3. The number of amides is 1. The first-order valence-electron chi connectivity index (χ1n) is 11.0. The van der Waals surface area contributed by atoms with E-state index in [0.29, 0.717) is 28.5 Å². The average Bonchev–Trinajstić information content (AvgIpc) is 2.89. The maximum atomic E-state index is 13.3. The Labute approximate surface area is 205 Å². The van der Waals surface area contributed by atoms with Gasteiger partial charge < -0.3 is 24.3 Å². The molecule has 0 fully saturated rings. The van der Waals surface area contributed by atoms with E-state index in [2.05, 4.69) is 10.6 Å². The van der Waals surface area contributed by atoms with Crippen molar-refractivity contribution in [1.82, 2.24) is 5.32 Å². The summed E-state index contributed by atoms with van der Waals surface area (Å²) < 4.78 is 20.9. The van der Waals surface area contributed by atoms with Crippen LogP contribution in [0.25, 0.3) is 0 Å². The Morgan fingerprint density at radius 2 is 1.49 bits per heavy atom. The fraction of sp³-hybridized carbons (Fsp3) is 0.259. The predicted molar refractivity (Wildman–Crippen MR) is 134 cm³/mol. The molecule has 0 aliphatic carbocycles. The van der Waals surface area contributed by atoms with Gasteiger partial charge in [0.1, 0.15) is 0 Å². The minimum absolute atomic E-state index is 0.00417. The van der Waals surface area contributed by atoms with Crippen LogP contribution in [0.2, 0.25) is 0 Å². The van der Waals surface area contributed by atoms with Crippen LogP contribution in [0.1, 0.15) is 33.1 Å². The lowest BCUT2D eigenvalue weighted by Crippen LogP contribution is -2.30. The maximum Gasteiger partial charge on any atom is 0.319 e. The zero-order chi connectivity index (χ0) is 25.4. The molecule has 0 spiro atoms. The van der Waals surface area contributed by atoms with E-state index in [0.717, 1.165) is 16.7 Å². The third-order valence-corrected chi connectivity index (χ3v) is 5.54. The van der Waals surface area contributed by atoms with Gasteiger partial charge in [-0.05, 0) is 36.2 Å². The predicted octanol–water partition coefficient (Wildman–Crippen LogP) is 4.13. The van der Waals surface area contributed by atoms with Gasteiger partial charge in [-0.25, -0.2) is 0 Å². The Morgan fingerprint density at radius 3 is 2.06 bits per heavy atom. The molecule has 8 nitrogen and oxygen atoms in total. The molecule has 0 aliphatic rings.